The number of aromatic nitrogens is 6. The molecule has 3 aromatic heterocycles. The Hall–Kier alpha value is -2.53. The molecule has 1 saturated heterocycles. The number of aryl methyl sites for hydroxylation is 1. The minimum atomic E-state index is -0.249. The number of amides is 1. The lowest BCUT2D eigenvalue weighted by Crippen LogP contribution is -2.48. The van der Waals surface area contributed by atoms with Crippen LogP contribution in [-0.4, -0.2) is 71.6 Å². The van der Waals surface area contributed by atoms with E-state index in [9.17, 15) is 4.79 Å². The van der Waals surface area contributed by atoms with Gasteiger partial charge in [0, 0.05) is 42.6 Å². The first-order valence-corrected chi connectivity index (χ1v) is 13.5. The van der Waals surface area contributed by atoms with Crippen LogP contribution in [0.25, 0.3) is 16.7 Å². The van der Waals surface area contributed by atoms with Crippen LogP contribution in [0.4, 0.5) is 0 Å². The summed E-state index contributed by atoms with van der Waals surface area (Å²) in [6.07, 6.45) is 1.88. The number of hydrogen-bond acceptors (Lipinski definition) is 6. The highest BCUT2D eigenvalue weighted by molar-refractivity contribution is 9.10. The van der Waals surface area contributed by atoms with Crippen molar-refractivity contribution in [2.45, 2.75) is 39.8 Å². The summed E-state index contributed by atoms with van der Waals surface area (Å²) >= 11 is 16.3. The first kappa shape index (κ1) is 26.1. The molecule has 0 atom stereocenters. The van der Waals surface area contributed by atoms with Gasteiger partial charge in [-0.25, -0.2) is 14.3 Å². The van der Waals surface area contributed by atoms with Gasteiger partial charge in [-0.05, 0) is 52.0 Å². The van der Waals surface area contributed by atoms with E-state index < -0.39 is 0 Å². The average molecular weight is 606 g/mol. The molecular weight excluding hydrogens is 579 g/mol. The van der Waals surface area contributed by atoms with Crippen LogP contribution in [0.15, 0.2) is 34.9 Å². The summed E-state index contributed by atoms with van der Waals surface area (Å²) in [6, 6.07) is 7.46. The standard InChI is InChI=1S/C25H27BrCl2N8O/c1-15-18-12-19(22(28)29-23(18)36(31-15)25(2,3)4)24(37)34-9-7-33(8-10-34)13-17-14-35(32-30-17)21-6-5-16(26)11-20(21)27/h5-6,11-12,14H,7-10,13H2,1-4H3. The van der Waals surface area contributed by atoms with Gasteiger partial charge < -0.3 is 4.90 Å². The predicted molar refractivity (Wildman–Crippen MR) is 148 cm³/mol. The Morgan fingerprint density at radius 2 is 1.84 bits per heavy atom. The van der Waals surface area contributed by atoms with Crippen LogP contribution in [-0.2, 0) is 12.1 Å². The molecule has 37 heavy (non-hydrogen) atoms. The second-order valence-electron chi connectivity index (χ2n) is 10.2. The number of halogens is 3. The first-order chi connectivity index (χ1) is 17.5. The molecule has 0 unspecified atom stereocenters. The van der Waals surface area contributed by atoms with Crippen LogP contribution in [0, 0.1) is 6.92 Å². The number of piperazine rings is 1. The summed E-state index contributed by atoms with van der Waals surface area (Å²) in [6.45, 7) is 11.3. The quantitative estimate of drug-likeness (QED) is 0.301. The van der Waals surface area contributed by atoms with Crippen molar-refractivity contribution in [1.29, 1.82) is 0 Å². The van der Waals surface area contributed by atoms with Crippen LogP contribution < -0.4 is 0 Å². The third-order valence-corrected chi connectivity index (χ3v) is 7.49. The molecule has 0 aliphatic carbocycles. The fraction of sp³-hybridized carbons (Fsp3) is 0.400. The van der Waals surface area contributed by atoms with Gasteiger partial charge in [0.05, 0.1) is 39.4 Å². The number of fused-ring (bicyclic) bond motifs is 1. The third-order valence-electron chi connectivity index (χ3n) is 6.40. The van der Waals surface area contributed by atoms with Crippen molar-refractivity contribution in [1.82, 2.24) is 39.6 Å². The Morgan fingerprint density at radius 1 is 1.11 bits per heavy atom. The summed E-state index contributed by atoms with van der Waals surface area (Å²) in [7, 11) is 0. The summed E-state index contributed by atoms with van der Waals surface area (Å²) in [5.74, 6) is -0.113. The maximum atomic E-state index is 13.4. The van der Waals surface area contributed by atoms with E-state index in [2.05, 4.69) is 62.0 Å². The Bertz CT molecular complexity index is 1480. The van der Waals surface area contributed by atoms with Gasteiger partial charge in [0.2, 0.25) is 0 Å². The highest BCUT2D eigenvalue weighted by atomic mass is 79.9. The fourth-order valence-electron chi connectivity index (χ4n) is 4.44. The van der Waals surface area contributed by atoms with E-state index in [4.69, 9.17) is 23.2 Å². The molecule has 1 aliphatic rings. The number of carbonyl (C=O) groups is 1. The van der Waals surface area contributed by atoms with Gasteiger partial charge >= 0.3 is 0 Å². The van der Waals surface area contributed by atoms with E-state index in [-0.39, 0.29) is 16.6 Å². The second kappa shape index (κ2) is 9.98. The van der Waals surface area contributed by atoms with Crippen molar-refractivity contribution in [3.05, 3.63) is 62.1 Å². The number of carbonyl (C=O) groups excluding carboxylic acids is 1. The highest BCUT2D eigenvalue weighted by Gasteiger charge is 2.27. The van der Waals surface area contributed by atoms with Gasteiger partial charge in [0.15, 0.2) is 5.65 Å². The molecule has 0 saturated carbocycles. The van der Waals surface area contributed by atoms with Crippen LogP contribution in [0.1, 0.15) is 42.5 Å². The Labute approximate surface area is 233 Å². The number of pyridine rings is 1. The van der Waals surface area contributed by atoms with Crippen molar-refractivity contribution < 1.29 is 4.79 Å². The monoisotopic (exact) mass is 604 g/mol. The molecule has 0 bridgehead atoms. The minimum Gasteiger partial charge on any atom is -0.336 e. The molecule has 4 heterocycles. The molecule has 4 aromatic rings. The summed E-state index contributed by atoms with van der Waals surface area (Å²) in [5, 5.41) is 14.8. The first-order valence-electron chi connectivity index (χ1n) is 12.0. The van der Waals surface area contributed by atoms with Crippen molar-refractivity contribution >= 4 is 56.1 Å². The van der Waals surface area contributed by atoms with Crippen LogP contribution in [0.2, 0.25) is 10.2 Å². The summed E-state index contributed by atoms with van der Waals surface area (Å²) in [5.41, 5.74) is 3.28. The van der Waals surface area contributed by atoms with Gasteiger partial charge in [0.25, 0.3) is 5.91 Å². The lowest BCUT2D eigenvalue weighted by Gasteiger charge is -2.34. The van der Waals surface area contributed by atoms with E-state index in [1.165, 1.54) is 0 Å². The molecule has 0 N–H and O–H groups in total. The average Bonchev–Trinajstić information content (AvgIpc) is 3.42. The molecule has 0 spiro atoms. The number of nitrogens with zero attached hydrogens (tertiary/aromatic N) is 8. The number of benzene rings is 1. The Morgan fingerprint density at radius 3 is 2.51 bits per heavy atom. The highest BCUT2D eigenvalue weighted by Crippen LogP contribution is 2.28. The lowest BCUT2D eigenvalue weighted by atomic mass is 10.1. The smallest absolute Gasteiger partial charge is 0.257 e. The third kappa shape index (κ3) is 5.25. The minimum absolute atomic E-state index is 0.113. The molecule has 0 radical (unpaired) electrons. The molecule has 5 rings (SSSR count). The van der Waals surface area contributed by atoms with Gasteiger partial charge in [-0.3, -0.25) is 9.69 Å². The van der Waals surface area contributed by atoms with Gasteiger partial charge in [-0.15, -0.1) is 5.10 Å². The van der Waals surface area contributed by atoms with E-state index in [1.54, 1.807) is 4.68 Å². The molecule has 9 nitrogen and oxygen atoms in total. The van der Waals surface area contributed by atoms with Crippen LogP contribution in [0.3, 0.4) is 0 Å². The maximum Gasteiger partial charge on any atom is 0.257 e. The van der Waals surface area contributed by atoms with E-state index in [0.29, 0.717) is 49.0 Å². The van der Waals surface area contributed by atoms with Gasteiger partial charge in [-0.2, -0.15) is 5.10 Å². The predicted octanol–water partition coefficient (Wildman–Crippen LogP) is 5.10. The zero-order valence-electron chi connectivity index (χ0n) is 21.0. The van der Waals surface area contributed by atoms with Crippen molar-refractivity contribution in [3.63, 3.8) is 0 Å². The zero-order valence-corrected chi connectivity index (χ0v) is 24.1. The molecular formula is C25H27BrCl2N8O. The number of rotatable bonds is 4. The van der Waals surface area contributed by atoms with E-state index >= 15 is 0 Å². The lowest BCUT2D eigenvalue weighted by molar-refractivity contribution is 0.0627. The van der Waals surface area contributed by atoms with Crippen LogP contribution in [0.5, 0.6) is 0 Å². The molecule has 1 aliphatic heterocycles. The normalized spacial score (nSPS) is 15.1. The summed E-state index contributed by atoms with van der Waals surface area (Å²) < 4.78 is 4.44. The Kier molecular flexibility index (Phi) is 7.04. The molecule has 1 aromatic carbocycles. The van der Waals surface area contributed by atoms with Crippen molar-refractivity contribution in [2.24, 2.45) is 0 Å². The van der Waals surface area contributed by atoms with Gasteiger partial charge in [-0.1, -0.05) is 44.3 Å². The van der Waals surface area contributed by atoms with Crippen LogP contribution >= 0.6 is 39.1 Å². The van der Waals surface area contributed by atoms with E-state index in [0.717, 1.165) is 26.9 Å². The van der Waals surface area contributed by atoms with Gasteiger partial charge in [0.1, 0.15) is 5.15 Å². The van der Waals surface area contributed by atoms with Crippen molar-refractivity contribution in [2.75, 3.05) is 26.2 Å². The Balaban J connectivity index is 1.25. The topological polar surface area (TPSA) is 85.0 Å². The number of hydrogen-bond donors (Lipinski definition) is 0. The SMILES string of the molecule is Cc1nn(C(C)(C)C)c2nc(Cl)c(C(=O)N3CCN(Cc4cn(-c5ccc(Br)cc5Cl)nn4)CC3)cc12. The summed E-state index contributed by atoms with van der Waals surface area (Å²) in [4.78, 5) is 22.0. The zero-order chi connectivity index (χ0) is 26.5. The molecule has 12 heteroatoms. The largest absolute Gasteiger partial charge is 0.336 e. The molecule has 194 valence electrons. The fourth-order valence-corrected chi connectivity index (χ4v) is 5.42. The second-order valence-corrected chi connectivity index (χ2v) is 11.9. The molecule has 1 fully saturated rings. The maximum absolute atomic E-state index is 13.4. The van der Waals surface area contributed by atoms with E-state index in [1.807, 2.05) is 47.0 Å². The van der Waals surface area contributed by atoms with Crippen molar-refractivity contribution in [3.8, 4) is 5.69 Å². The molecule has 1 amide bonds.